The van der Waals surface area contributed by atoms with Crippen LogP contribution in [0.15, 0.2) is 24.3 Å². The van der Waals surface area contributed by atoms with Gasteiger partial charge < -0.3 is 20.1 Å². The molecule has 1 fully saturated rings. The summed E-state index contributed by atoms with van der Waals surface area (Å²) in [6, 6.07) is 7.31. The first kappa shape index (κ1) is 17.3. The molecule has 1 aromatic carbocycles. The summed E-state index contributed by atoms with van der Waals surface area (Å²) in [5, 5.41) is 11.3. The van der Waals surface area contributed by atoms with Crippen LogP contribution in [0.4, 0.5) is 5.69 Å². The fraction of sp³-hybridized carbons (Fsp3) is 0.529. The first-order valence-corrected chi connectivity index (χ1v) is 8.00. The minimum absolute atomic E-state index is 0.0107. The van der Waals surface area contributed by atoms with Crippen molar-refractivity contribution in [3.63, 3.8) is 0 Å². The number of aliphatic carboxylic acids is 1. The van der Waals surface area contributed by atoms with Gasteiger partial charge in [0.15, 0.2) is 0 Å². The third-order valence-electron chi connectivity index (χ3n) is 3.90. The Hall–Kier alpha value is -2.08. The number of nitrogens with zero attached hydrogens (tertiary/aromatic N) is 1. The van der Waals surface area contributed by atoms with Gasteiger partial charge in [0, 0.05) is 31.6 Å². The number of carboxylic acids is 1. The monoisotopic (exact) mass is 320 g/mol. The molecule has 1 heterocycles. The molecule has 126 valence electrons. The first-order valence-electron chi connectivity index (χ1n) is 8.00. The summed E-state index contributed by atoms with van der Waals surface area (Å²) in [5.41, 5.74) is 0.695. The Labute approximate surface area is 136 Å². The van der Waals surface area contributed by atoms with Crippen LogP contribution in [0.1, 0.15) is 32.1 Å². The molecule has 1 amide bonds. The topological polar surface area (TPSA) is 78.9 Å². The van der Waals surface area contributed by atoms with Crippen LogP contribution in [0.5, 0.6) is 5.75 Å². The van der Waals surface area contributed by atoms with E-state index in [4.69, 9.17) is 9.84 Å². The van der Waals surface area contributed by atoms with Gasteiger partial charge in [-0.15, -0.1) is 0 Å². The molecule has 1 saturated heterocycles. The number of likely N-dealkylation sites (tertiary alicyclic amines) is 1. The molecule has 0 radical (unpaired) electrons. The second-order valence-electron chi connectivity index (χ2n) is 5.94. The van der Waals surface area contributed by atoms with Gasteiger partial charge in [0.25, 0.3) is 0 Å². The van der Waals surface area contributed by atoms with Crippen LogP contribution >= 0.6 is 0 Å². The maximum Gasteiger partial charge on any atom is 0.303 e. The number of carbonyl (C=O) groups excluding carboxylic acids is 1. The Morgan fingerprint density at radius 2 is 1.87 bits per heavy atom. The molecule has 1 aliphatic rings. The Bertz CT molecular complexity index is 522. The molecule has 23 heavy (non-hydrogen) atoms. The van der Waals surface area contributed by atoms with Gasteiger partial charge in [-0.1, -0.05) is 0 Å². The molecule has 0 spiro atoms. The third-order valence-corrected chi connectivity index (χ3v) is 3.90. The van der Waals surface area contributed by atoms with Gasteiger partial charge in [-0.3, -0.25) is 9.59 Å². The van der Waals surface area contributed by atoms with Crippen LogP contribution in [0.2, 0.25) is 0 Å². The molecule has 0 bridgehead atoms. The molecule has 0 aliphatic carbocycles. The van der Waals surface area contributed by atoms with Gasteiger partial charge >= 0.3 is 5.97 Å². The van der Waals surface area contributed by atoms with Gasteiger partial charge in [-0.25, -0.2) is 0 Å². The van der Waals surface area contributed by atoms with Crippen molar-refractivity contribution in [2.45, 2.75) is 38.2 Å². The number of anilines is 1. The van der Waals surface area contributed by atoms with E-state index in [9.17, 15) is 9.59 Å². The zero-order chi connectivity index (χ0) is 16.7. The van der Waals surface area contributed by atoms with Crippen molar-refractivity contribution >= 4 is 17.6 Å². The summed E-state index contributed by atoms with van der Waals surface area (Å²) in [6.45, 7) is 2.10. The van der Waals surface area contributed by atoms with Gasteiger partial charge in [-0.2, -0.15) is 0 Å². The lowest BCUT2D eigenvalue weighted by molar-refractivity contribution is -0.137. The molecule has 0 atom stereocenters. The molecule has 2 rings (SSSR count). The average Bonchev–Trinajstić information content (AvgIpc) is 2.51. The van der Waals surface area contributed by atoms with Crippen molar-refractivity contribution in [2.75, 3.05) is 25.5 Å². The fourth-order valence-corrected chi connectivity index (χ4v) is 2.54. The molecule has 1 aliphatic heterocycles. The summed E-state index contributed by atoms with van der Waals surface area (Å²) in [5.74, 6) is -0.244. The quantitative estimate of drug-likeness (QED) is 0.806. The molecule has 6 nitrogen and oxygen atoms in total. The number of ether oxygens (including phenoxy) is 1. The van der Waals surface area contributed by atoms with Crippen molar-refractivity contribution in [2.24, 2.45) is 0 Å². The molecule has 0 saturated carbocycles. The van der Waals surface area contributed by atoms with Gasteiger partial charge in [-0.05, 0) is 50.6 Å². The van der Waals surface area contributed by atoms with Crippen LogP contribution in [0.25, 0.3) is 0 Å². The van der Waals surface area contributed by atoms with Gasteiger partial charge in [0.2, 0.25) is 5.91 Å². The van der Waals surface area contributed by atoms with Crippen molar-refractivity contribution < 1.29 is 19.4 Å². The lowest BCUT2D eigenvalue weighted by Crippen LogP contribution is -2.35. The molecule has 6 heteroatoms. The Kier molecular flexibility index (Phi) is 6.40. The Balaban J connectivity index is 1.75. The van der Waals surface area contributed by atoms with E-state index in [-0.39, 0.29) is 24.9 Å². The van der Waals surface area contributed by atoms with E-state index in [2.05, 4.69) is 17.3 Å². The van der Waals surface area contributed by atoms with Crippen LogP contribution in [0, 0.1) is 0 Å². The fourth-order valence-electron chi connectivity index (χ4n) is 2.54. The highest BCUT2D eigenvalue weighted by molar-refractivity contribution is 5.90. The number of hydrogen-bond acceptors (Lipinski definition) is 4. The normalized spacial score (nSPS) is 16.0. The van der Waals surface area contributed by atoms with Crippen molar-refractivity contribution in [3.8, 4) is 5.75 Å². The summed E-state index contributed by atoms with van der Waals surface area (Å²) in [6.07, 6.45) is 2.87. The van der Waals surface area contributed by atoms with Crippen molar-refractivity contribution in [3.05, 3.63) is 24.3 Å². The number of amides is 1. The SMILES string of the molecule is CN1CCC(Oc2ccc(NC(=O)CCCC(=O)O)cc2)CC1. The predicted molar refractivity (Wildman–Crippen MR) is 87.7 cm³/mol. The maximum atomic E-state index is 11.7. The Morgan fingerprint density at radius 1 is 1.22 bits per heavy atom. The number of rotatable bonds is 7. The van der Waals surface area contributed by atoms with Crippen LogP contribution in [0.3, 0.4) is 0 Å². The van der Waals surface area contributed by atoms with E-state index < -0.39 is 5.97 Å². The number of nitrogens with one attached hydrogen (secondary N) is 1. The largest absolute Gasteiger partial charge is 0.490 e. The second kappa shape index (κ2) is 8.53. The highest BCUT2D eigenvalue weighted by Crippen LogP contribution is 2.21. The van der Waals surface area contributed by atoms with Crippen molar-refractivity contribution in [1.82, 2.24) is 4.90 Å². The number of piperidine rings is 1. The van der Waals surface area contributed by atoms with Crippen LogP contribution < -0.4 is 10.1 Å². The van der Waals surface area contributed by atoms with Crippen LogP contribution in [-0.2, 0) is 9.59 Å². The highest BCUT2D eigenvalue weighted by Gasteiger charge is 2.17. The third kappa shape index (κ3) is 6.28. The highest BCUT2D eigenvalue weighted by atomic mass is 16.5. The number of benzene rings is 1. The summed E-state index contributed by atoms with van der Waals surface area (Å²) < 4.78 is 5.95. The second-order valence-corrected chi connectivity index (χ2v) is 5.94. The number of carboxylic acid groups (broad SMARTS) is 1. The van der Waals surface area contributed by atoms with E-state index in [1.165, 1.54) is 0 Å². The zero-order valence-corrected chi connectivity index (χ0v) is 13.5. The Morgan fingerprint density at radius 3 is 2.48 bits per heavy atom. The molecule has 2 N–H and O–H groups in total. The lowest BCUT2D eigenvalue weighted by atomic mass is 10.1. The summed E-state index contributed by atoms with van der Waals surface area (Å²) >= 11 is 0. The van der Waals surface area contributed by atoms with E-state index >= 15 is 0 Å². The molecular weight excluding hydrogens is 296 g/mol. The number of hydrogen-bond donors (Lipinski definition) is 2. The van der Waals surface area contributed by atoms with E-state index in [1.807, 2.05) is 12.1 Å². The predicted octanol–water partition coefficient (Wildman–Crippen LogP) is 2.35. The van der Waals surface area contributed by atoms with Crippen LogP contribution in [-0.4, -0.2) is 48.1 Å². The summed E-state index contributed by atoms with van der Waals surface area (Å²) in [4.78, 5) is 24.4. The molecule has 0 unspecified atom stereocenters. The summed E-state index contributed by atoms with van der Waals surface area (Å²) in [7, 11) is 2.12. The molecular formula is C17H24N2O4. The zero-order valence-electron chi connectivity index (χ0n) is 13.5. The lowest BCUT2D eigenvalue weighted by Gasteiger charge is -2.29. The average molecular weight is 320 g/mol. The van der Waals surface area contributed by atoms with Crippen molar-refractivity contribution in [1.29, 1.82) is 0 Å². The smallest absolute Gasteiger partial charge is 0.303 e. The van der Waals surface area contributed by atoms with E-state index in [0.717, 1.165) is 31.7 Å². The minimum atomic E-state index is -0.881. The number of carbonyl (C=O) groups is 2. The first-order chi connectivity index (χ1) is 11.0. The van der Waals surface area contributed by atoms with Gasteiger partial charge in [0.05, 0.1) is 0 Å². The van der Waals surface area contributed by atoms with Gasteiger partial charge in [0.1, 0.15) is 11.9 Å². The minimum Gasteiger partial charge on any atom is -0.490 e. The van der Waals surface area contributed by atoms with E-state index in [0.29, 0.717) is 12.1 Å². The standard InChI is InChI=1S/C17H24N2O4/c1-19-11-9-15(10-12-19)23-14-7-5-13(6-8-14)18-16(20)3-2-4-17(21)22/h5-8,15H,2-4,9-12H2,1H3,(H,18,20)(H,21,22). The molecule has 0 aromatic heterocycles. The molecule has 1 aromatic rings. The van der Waals surface area contributed by atoms with E-state index in [1.54, 1.807) is 12.1 Å². The maximum absolute atomic E-state index is 11.7.